The molecule has 1 N–H and O–H groups in total. The maximum atomic E-state index is 12.4. The van der Waals surface area contributed by atoms with E-state index in [0.29, 0.717) is 18.5 Å². The Hall–Kier alpha value is -2.51. The Balaban J connectivity index is 2.00. The number of likely N-dealkylation sites (N-methyl/N-ethyl adjacent to an activating group) is 1. The average molecular weight is 359 g/mol. The van der Waals surface area contributed by atoms with Gasteiger partial charge in [0, 0.05) is 44.0 Å². The van der Waals surface area contributed by atoms with Gasteiger partial charge in [0.05, 0.1) is 4.90 Å². The Bertz CT molecular complexity index is 818. The van der Waals surface area contributed by atoms with Crippen molar-refractivity contribution in [2.45, 2.75) is 11.3 Å². The van der Waals surface area contributed by atoms with Crippen LogP contribution in [0.4, 0.5) is 0 Å². The summed E-state index contributed by atoms with van der Waals surface area (Å²) in [5.41, 5.74) is 1.35. The molecule has 2 rings (SSSR count). The molecule has 6 nitrogen and oxygen atoms in total. The second-order valence-electron chi connectivity index (χ2n) is 5.46. The van der Waals surface area contributed by atoms with Gasteiger partial charge >= 0.3 is 0 Å². The highest BCUT2D eigenvalue weighted by Gasteiger charge is 2.16. The molecule has 0 radical (unpaired) electrons. The molecule has 0 aliphatic rings. The van der Waals surface area contributed by atoms with Gasteiger partial charge in [-0.1, -0.05) is 12.1 Å². The van der Waals surface area contributed by atoms with Crippen molar-refractivity contribution >= 4 is 15.9 Å². The lowest BCUT2D eigenvalue weighted by Gasteiger charge is -2.17. The summed E-state index contributed by atoms with van der Waals surface area (Å²) in [6.45, 7) is 4.15. The number of sulfonamides is 1. The molecule has 0 saturated heterocycles. The van der Waals surface area contributed by atoms with Crippen LogP contribution in [0.3, 0.4) is 0 Å². The van der Waals surface area contributed by atoms with Gasteiger partial charge in [0.15, 0.2) is 0 Å². The topological polar surface area (TPSA) is 79.4 Å². The van der Waals surface area contributed by atoms with Crippen LogP contribution in [0.15, 0.2) is 66.2 Å². The maximum absolute atomic E-state index is 12.4. The number of hydrogen-bond acceptors (Lipinski definition) is 4. The molecule has 0 aliphatic carbocycles. The van der Waals surface area contributed by atoms with Crippen LogP contribution in [-0.2, 0) is 16.4 Å². The molecule has 0 fully saturated rings. The number of nitrogens with one attached hydrogen (secondary N) is 1. The third kappa shape index (κ3) is 5.23. The molecule has 1 amide bonds. The van der Waals surface area contributed by atoms with Crippen molar-refractivity contribution < 1.29 is 13.2 Å². The van der Waals surface area contributed by atoms with Gasteiger partial charge in [0.1, 0.15) is 0 Å². The van der Waals surface area contributed by atoms with E-state index >= 15 is 0 Å². The minimum atomic E-state index is -3.59. The molecule has 0 saturated carbocycles. The smallest absolute Gasteiger partial charge is 0.253 e. The zero-order valence-corrected chi connectivity index (χ0v) is 14.9. The van der Waals surface area contributed by atoms with Gasteiger partial charge < -0.3 is 4.90 Å². The number of pyridine rings is 1. The first-order valence-corrected chi connectivity index (χ1v) is 9.28. The van der Waals surface area contributed by atoms with Gasteiger partial charge in [-0.25, -0.2) is 13.1 Å². The molecule has 0 spiro atoms. The van der Waals surface area contributed by atoms with Crippen LogP contribution in [0.2, 0.25) is 0 Å². The van der Waals surface area contributed by atoms with E-state index in [-0.39, 0.29) is 17.3 Å². The fourth-order valence-corrected chi connectivity index (χ4v) is 3.18. The number of carbonyl (C=O) groups excluding carboxylic acids is 1. The molecule has 0 atom stereocenters. The Kier molecular flexibility index (Phi) is 6.44. The van der Waals surface area contributed by atoms with Crippen molar-refractivity contribution in [3.05, 3.63) is 72.6 Å². The van der Waals surface area contributed by atoms with E-state index < -0.39 is 10.0 Å². The van der Waals surface area contributed by atoms with E-state index in [0.717, 1.165) is 5.69 Å². The van der Waals surface area contributed by atoms with Crippen LogP contribution in [0.5, 0.6) is 0 Å². The highest BCUT2D eigenvalue weighted by Crippen LogP contribution is 2.12. The Morgan fingerprint density at radius 3 is 2.56 bits per heavy atom. The minimum Gasteiger partial charge on any atom is -0.341 e. The Labute approximate surface area is 148 Å². The summed E-state index contributed by atoms with van der Waals surface area (Å²) in [4.78, 5) is 18.4. The molecule has 7 heteroatoms. The molecule has 1 aromatic heterocycles. The zero-order chi connectivity index (χ0) is 18.3. The van der Waals surface area contributed by atoms with Crippen molar-refractivity contribution in [1.82, 2.24) is 14.6 Å². The minimum absolute atomic E-state index is 0.113. The highest BCUT2D eigenvalue weighted by molar-refractivity contribution is 7.89. The molecule has 0 unspecified atom stereocenters. The van der Waals surface area contributed by atoms with Crippen LogP contribution in [0.1, 0.15) is 16.1 Å². The van der Waals surface area contributed by atoms with Crippen LogP contribution in [0, 0.1) is 0 Å². The first kappa shape index (κ1) is 18.8. The molecule has 25 heavy (non-hydrogen) atoms. The summed E-state index contributed by atoms with van der Waals surface area (Å²) in [5, 5.41) is 0. The summed E-state index contributed by atoms with van der Waals surface area (Å²) < 4.78 is 26.4. The number of amides is 1. The second-order valence-corrected chi connectivity index (χ2v) is 7.23. The van der Waals surface area contributed by atoms with E-state index in [4.69, 9.17) is 0 Å². The van der Waals surface area contributed by atoms with Gasteiger partial charge in [0.25, 0.3) is 5.91 Å². The lowest BCUT2D eigenvalue weighted by Crippen LogP contribution is -2.29. The number of hydrogen-bond donors (Lipinski definition) is 1. The van der Waals surface area contributed by atoms with E-state index in [1.165, 1.54) is 30.3 Å². The normalized spacial score (nSPS) is 11.1. The van der Waals surface area contributed by atoms with Gasteiger partial charge in [-0.3, -0.25) is 9.78 Å². The van der Waals surface area contributed by atoms with Crippen molar-refractivity contribution in [1.29, 1.82) is 0 Å². The highest BCUT2D eigenvalue weighted by atomic mass is 32.2. The number of carbonyl (C=O) groups is 1. The van der Waals surface area contributed by atoms with Crippen LogP contribution in [0.25, 0.3) is 0 Å². The van der Waals surface area contributed by atoms with E-state index in [1.54, 1.807) is 18.1 Å². The molecule has 1 aromatic carbocycles. The zero-order valence-electron chi connectivity index (χ0n) is 14.1. The van der Waals surface area contributed by atoms with Gasteiger partial charge in [-0.2, -0.15) is 0 Å². The van der Waals surface area contributed by atoms with E-state index in [2.05, 4.69) is 16.3 Å². The lowest BCUT2D eigenvalue weighted by molar-refractivity contribution is 0.0796. The predicted molar refractivity (Wildman–Crippen MR) is 96.7 cm³/mol. The standard InChI is InChI=1S/C18H21N3O3S/c1-3-12-20-25(23,24)17-9-7-15(8-10-17)18(22)21(2)14-11-16-6-4-5-13-19-16/h3-10,13,20H,1,11-12,14H2,2H3. The maximum Gasteiger partial charge on any atom is 0.253 e. The fraction of sp³-hybridized carbons (Fsp3) is 0.222. The number of rotatable bonds is 8. The average Bonchev–Trinajstić information content (AvgIpc) is 2.65. The largest absolute Gasteiger partial charge is 0.341 e. The number of aromatic nitrogens is 1. The van der Waals surface area contributed by atoms with Gasteiger partial charge in [0.2, 0.25) is 10.0 Å². The number of nitrogens with zero attached hydrogens (tertiary/aromatic N) is 2. The summed E-state index contributed by atoms with van der Waals surface area (Å²) in [6, 6.07) is 11.5. The molecule has 0 aliphatic heterocycles. The van der Waals surface area contributed by atoms with Crippen molar-refractivity contribution in [2.75, 3.05) is 20.1 Å². The molecule has 2 aromatic rings. The SMILES string of the molecule is C=CCNS(=O)(=O)c1ccc(C(=O)N(C)CCc2ccccn2)cc1. The van der Waals surface area contributed by atoms with Crippen LogP contribution >= 0.6 is 0 Å². The second kappa shape index (κ2) is 8.55. The Morgan fingerprint density at radius 2 is 1.96 bits per heavy atom. The van der Waals surface area contributed by atoms with Crippen LogP contribution in [-0.4, -0.2) is 44.3 Å². The van der Waals surface area contributed by atoms with E-state index in [9.17, 15) is 13.2 Å². The number of benzene rings is 1. The molecular weight excluding hydrogens is 338 g/mol. The summed E-state index contributed by atoms with van der Waals surface area (Å²) in [5.74, 6) is -0.168. The molecule has 1 heterocycles. The molecule has 132 valence electrons. The van der Waals surface area contributed by atoms with Gasteiger partial charge in [-0.05, 0) is 36.4 Å². The third-order valence-corrected chi connectivity index (χ3v) is 5.04. The van der Waals surface area contributed by atoms with Crippen molar-refractivity contribution in [3.8, 4) is 0 Å². The summed E-state index contributed by atoms with van der Waals surface area (Å²) in [7, 11) is -1.88. The first-order chi connectivity index (χ1) is 11.9. The first-order valence-electron chi connectivity index (χ1n) is 7.80. The fourth-order valence-electron chi connectivity index (χ4n) is 2.18. The van der Waals surface area contributed by atoms with Gasteiger partial charge in [-0.15, -0.1) is 6.58 Å². The quantitative estimate of drug-likeness (QED) is 0.730. The molecule has 0 bridgehead atoms. The van der Waals surface area contributed by atoms with Crippen LogP contribution < -0.4 is 4.72 Å². The lowest BCUT2D eigenvalue weighted by atomic mass is 10.2. The monoisotopic (exact) mass is 359 g/mol. The van der Waals surface area contributed by atoms with Crippen molar-refractivity contribution in [2.24, 2.45) is 0 Å². The molecular formula is C18H21N3O3S. The van der Waals surface area contributed by atoms with Crippen molar-refractivity contribution in [3.63, 3.8) is 0 Å². The Morgan fingerprint density at radius 1 is 1.24 bits per heavy atom. The summed E-state index contributed by atoms with van der Waals surface area (Å²) >= 11 is 0. The predicted octanol–water partition coefficient (Wildman–Crippen LogP) is 1.86. The summed E-state index contributed by atoms with van der Waals surface area (Å²) in [6.07, 6.45) is 3.84. The third-order valence-electron chi connectivity index (χ3n) is 3.61. The van der Waals surface area contributed by atoms with E-state index in [1.807, 2.05) is 18.2 Å².